The number of rotatable bonds is 6. The Balaban J connectivity index is 1.53. The lowest BCUT2D eigenvalue weighted by atomic mass is 9.73. The monoisotopic (exact) mass is 485 g/mol. The number of imidazole rings is 1. The van der Waals surface area contributed by atoms with Gasteiger partial charge in [-0.3, -0.25) is 9.36 Å². The molecular weight excluding hydrogens is 456 g/mol. The van der Waals surface area contributed by atoms with Crippen molar-refractivity contribution in [2.45, 2.75) is 57.5 Å². The number of anilines is 3. The van der Waals surface area contributed by atoms with E-state index >= 15 is 0 Å². The molecule has 35 heavy (non-hydrogen) atoms. The second-order valence-corrected chi connectivity index (χ2v) is 9.62. The molecule has 2 fully saturated rings. The number of primary amides is 1. The molecule has 4 N–H and O–H groups in total. The van der Waals surface area contributed by atoms with Crippen LogP contribution in [-0.4, -0.2) is 44.7 Å². The molecule has 1 aliphatic heterocycles. The predicted octanol–water partition coefficient (Wildman–Crippen LogP) is 4.05. The summed E-state index contributed by atoms with van der Waals surface area (Å²) in [6, 6.07) is 3.80. The number of ether oxygens (including phenoxy) is 1. The lowest BCUT2D eigenvalue weighted by Crippen LogP contribution is -2.38. The van der Waals surface area contributed by atoms with Crippen LogP contribution in [0.2, 0.25) is 0 Å². The zero-order chi connectivity index (χ0) is 24.6. The molecule has 5 rings (SSSR count). The van der Waals surface area contributed by atoms with Crippen LogP contribution in [0.3, 0.4) is 0 Å². The van der Waals surface area contributed by atoms with Crippen molar-refractivity contribution >= 4 is 34.7 Å². The van der Waals surface area contributed by atoms with Crippen molar-refractivity contribution in [2.75, 3.05) is 23.8 Å². The number of nitrogens with zero attached hydrogens (tertiary/aromatic N) is 4. The highest BCUT2D eigenvalue weighted by molar-refractivity contribution is 5.80. The number of nitrogens with two attached hydrogens (primary N) is 1. The van der Waals surface area contributed by atoms with Crippen LogP contribution in [0.4, 0.5) is 26.4 Å². The third kappa shape index (κ3) is 4.64. The van der Waals surface area contributed by atoms with Gasteiger partial charge in [0, 0.05) is 30.7 Å². The maximum atomic E-state index is 14.4. The number of carbonyl (C=O) groups is 1. The molecule has 2 aliphatic rings. The van der Waals surface area contributed by atoms with Crippen molar-refractivity contribution in [3.8, 4) is 0 Å². The summed E-state index contributed by atoms with van der Waals surface area (Å²) in [7, 11) is 0. The molecule has 3 aromatic rings. The average molecular weight is 486 g/mol. The molecule has 0 spiro atoms. The van der Waals surface area contributed by atoms with Gasteiger partial charge < -0.3 is 21.1 Å². The standard InChI is InChI=1S/C24H29F2N7O2/c1-24(21(27)34)9-5-15(6-10-24)33-20-18(13-28-22(32-20)29-14-7-11-35-12-8-14)30-23(33)31-19-16(25)3-2-4-17(19)26/h2-4,13-15H,5-12H2,1H3,(H2,27,34)(H,30,31)(H,28,29,32)/t15-,24+. The summed E-state index contributed by atoms with van der Waals surface area (Å²) < 4.78 is 36.2. The molecule has 1 saturated carbocycles. The number of hydrogen-bond acceptors (Lipinski definition) is 7. The lowest BCUT2D eigenvalue weighted by molar-refractivity contribution is -0.128. The van der Waals surface area contributed by atoms with E-state index in [0.717, 1.165) is 12.8 Å². The minimum Gasteiger partial charge on any atom is -0.381 e. The maximum Gasteiger partial charge on any atom is 0.224 e. The Labute approximate surface area is 201 Å². The molecule has 1 amide bonds. The first-order valence-electron chi connectivity index (χ1n) is 11.9. The minimum atomic E-state index is -0.721. The largest absolute Gasteiger partial charge is 0.381 e. The zero-order valence-electron chi connectivity index (χ0n) is 19.6. The van der Waals surface area contributed by atoms with E-state index in [1.54, 1.807) is 6.20 Å². The number of para-hydroxylation sites is 1. The third-order valence-corrected chi connectivity index (χ3v) is 7.21. The Hall–Kier alpha value is -3.34. The van der Waals surface area contributed by atoms with Crippen molar-refractivity contribution in [1.82, 2.24) is 19.5 Å². The van der Waals surface area contributed by atoms with Gasteiger partial charge in [-0.1, -0.05) is 13.0 Å². The van der Waals surface area contributed by atoms with Crippen LogP contribution in [0.25, 0.3) is 11.2 Å². The van der Waals surface area contributed by atoms with Gasteiger partial charge in [-0.2, -0.15) is 4.98 Å². The Morgan fingerprint density at radius 2 is 1.83 bits per heavy atom. The van der Waals surface area contributed by atoms with Crippen molar-refractivity contribution in [2.24, 2.45) is 11.1 Å². The van der Waals surface area contributed by atoms with Crippen LogP contribution in [0.15, 0.2) is 24.4 Å². The molecule has 0 radical (unpaired) electrons. The van der Waals surface area contributed by atoms with E-state index < -0.39 is 17.0 Å². The van der Waals surface area contributed by atoms with Gasteiger partial charge >= 0.3 is 0 Å². The molecule has 0 unspecified atom stereocenters. The summed E-state index contributed by atoms with van der Waals surface area (Å²) in [5.41, 5.74) is 5.84. The molecular formula is C24H29F2N7O2. The van der Waals surface area contributed by atoms with E-state index in [9.17, 15) is 13.6 Å². The van der Waals surface area contributed by atoms with Crippen molar-refractivity contribution < 1.29 is 18.3 Å². The highest BCUT2D eigenvalue weighted by Gasteiger charge is 2.37. The number of amides is 1. The molecule has 2 aromatic heterocycles. The van der Waals surface area contributed by atoms with Gasteiger partial charge in [0.25, 0.3) is 0 Å². The van der Waals surface area contributed by atoms with Gasteiger partial charge in [-0.25, -0.2) is 18.7 Å². The highest BCUT2D eigenvalue weighted by Crippen LogP contribution is 2.43. The molecule has 0 bridgehead atoms. The number of aromatic nitrogens is 4. The zero-order valence-corrected chi connectivity index (χ0v) is 19.6. The van der Waals surface area contributed by atoms with E-state index in [2.05, 4.69) is 20.6 Å². The van der Waals surface area contributed by atoms with Crippen LogP contribution < -0.4 is 16.4 Å². The molecule has 0 atom stereocenters. The van der Waals surface area contributed by atoms with Gasteiger partial charge in [0.2, 0.25) is 17.8 Å². The first kappa shape index (κ1) is 23.4. The lowest BCUT2D eigenvalue weighted by Gasteiger charge is -2.35. The number of benzene rings is 1. The average Bonchev–Trinajstić information content (AvgIpc) is 3.20. The normalized spacial score (nSPS) is 23.3. The molecule has 9 nitrogen and oxygen atoms in total. The number of nitrogens with one attached hydrogen (secondary N) is 2. The summed E-state index contributed by atoms with van der Waals surface area (Å²) in [4.78, 5) is 25.7. The summed E-state index contributed by atoms with van der Waals surface area (Å²) in [6.45, 7) is 3.24. The van der Waals surface area contributed by atoms with E-state index in [-0.39, 0.29) is 29.6 Å². The van der Waals surface area contributed by atoms with Gasteiger partial charge in [0.05, 0.1) is 6.20 Å². The molecule has 1 aromatic carbocycles. The number of fused-ring (bicyclic) bond motifs is 1. The first-order chi connectivity index (χ1) is 16.8. The van der Waals surface area contributed by atoms with E-state index in [1.165, 1.54) is 18.2 Å². The molecule has 1 saturated heterocycles. The molecule has 1 aliphatic carbocycles. The predicted molar refractivity (Wildman–Crippen MR) is 127 cm³/mol. The van der Waals surface area contributed by atoms with Crippen LogP contribution >= 0.6 is 0 Å². The number of carbonyl (C=O) groups excluding carboxylic acids is 1. The first-order valence-corrected chi connectivity index (χ1v) is 11.9. The van der Waals surface area contributed by atoms with Crippen molar-refractivity contribution in [1.29, 1.82) is 0 Å². The van der Waals surface area contributed by atoms with Crippen molar-refractivity contribution in [3.05, 3.63) is 36.0 Å². The highest BCUT2D eigenvalue weighted by atomic mass is 19.1. The fraction of sp³-hybridized carbons (Fsp3) is 0.500. The smallest absolute Gasteiger partial charge is 0.224 e. The minimum absolute atomic E-state index is 0.0874. The van der Waals surface area contributed by atoms with Crippen LogP contribution in [0.1, 0.15) is 51.5 Å². The topological polar surface area (TPSA) is 120 Å². The van der Waals surface area contributed by atoms with Crippen LogP contribution in [0, 0.1) is 17.0 Å². The van der Waals surface area contributed by atoms with Crippen LogP contribution in [0.5, 0.6) is 0 Å². The van der Waals surface area contributed by atoms with Gasteiger partial charge in [-0.15, -0.1) is 0 Å². The van der Waals surface area contributed by atoms with Crippen molar-refractivity contribution in [3.63, 3.8) is 0 Å². The summed E-state index contributed by atoms with van der Waals surface area (Å²) in [5.74, 6) is -1.02. The molecule has 11 heteroatoms. The van der Waals surface area contributed by atoms with E-state index in [4.69, 9.17) is 15.5 Å². The quantitative estimate of drug-likeness (QED) is 0.482. The Kier molecular flexibility index (Phi) is 6.26. The maximum absolute atomic E-state index is 14.4. The number of hydrogen-bond donors (Lipinski definition) is 3. The second-order valence-electron chi connectivity index (χ2n) is 9.62. The van der Waals surface area contributed by atoms with Gasteiger partial charge in [-0.05, 0) is 50.7 Å². The second kappa shape index (κ2) is 9.37. The Morgan fingerprint density at radius 1 is 1.14 bits per heavy atom. The summed E-state index contributed by atoms with van der Waals surface area (Å²) >= 11 is 0. The van der Waals surface area contributed by atoms with Gasteiger partial charge in [0.1, 0.15) is 22.8 Å². The summed E-state index contributed by atoms with van der Waals surface area (Å²) in [6.07, 6.45) is 5.80. The summed E-state index contributed by atoms with van der Waals surface area (Å²) in [5, 5.41) is 6.21. The Morgan fingerprint density at radius 3 is 2.49 bits per heavy atom. The van der Waals surface area contributed by atoms with Crippen LogP contribution in [-0.2, 0) is 9.53 Å². The fourth-order valence-corrected chi connectivity index (χ4v) is 4.89. The Bertz CT molecular complexity index is 1210. The van der Waals surface area contributed by atoms with Gasteiger partial charge in [0.15, 0.2) is 5.65 Å². The van der Waals surface area contributed by atoms with E-state index in [1.807, 2.05) is 11.5 Å². The SMILES string of the molecule is C[C@]1(C(N)=O)CC[C@@H](n2c(Nc3c(F)cccc3F)nc3cnc(NC4CCOCC4)nc32)CC1. The third-order valence-electron chi connectivity index (χ3n) is 7.21. The molecule has 186 valence electrons. The van der Waals surface area contributed by atoms with E-state index in [0.29, 0.717) is 56.0 Å². The fourth-order valence-electron chi connectivity index (χ4n) is 4.89. The number of halogens is 2. The molecule has 3 heterocycles.